The smallest absolute Gasteiger partial charge is 0.342 e. The van der Waals surface area contributed by atoms with Crippen molar-refractivity contribution in [2.75, 3.05) is 14.2 Å². The van der Waals surface area contributed by atoms with Gasteiger partial charge in [0, 0.05) is 12.8 Å². The van der Waals surface area contributed by atoms with Gasteiger partial charge < -0.3 is 13.9 Å². The second-order valence-corrected chi connectivity index (χ2v) is 4.63. The summed E-state index contributed by atoms with van der Waals surface area (Å²) in [6.07, 6.45) is 5.50. The highest BCUT2D eigenvalue weighted by Crippen LogP contribution is 2.27. The van der Waals surface area contributed by atoms with Gasteiger partial charge in [-0.2, -0.15) is 0 Å². The molecule has 0 atom stereocenters. The third-order valence-electron chi connectivity index (χ3n) is 3.17. The van der Waals surface area contributed by atoms with Crippen molar-refractivity contribution in [3.05, 3.63) is 35.3 Å². The van der Waals surface area contributed by atoms with E-state index >= 15 is 0 Å². The van der Waals surface area contributed by atoms with E-state index in [4.69, 9.17) is 13.9 Å². The molecule has 0 fully saturated rings. The first-order chi connectivity index (χ1) is 10.1. The molecule has 1 heterocycles. The van der Waals surface area contributed by atoms with Crippen LogP contribution in [0.5, 0.6) is 0 Å². The second-order valence-electron chi connectivity index (χ2n) is 4.63. The Bertz CT molecular complexity index is 513. The minimum absolute atomic E-state index is 0.149. The molecule has 21 heavy (non-hydrogen) atoms. The van der Waals surface area contributed by atoms with Crippen LogP contribution in [0.1, 0.15) is 58.4 Å². The molecule has 116 valence electrons. The Morgan fingerprint density at radius 2 is 1.67 bits per heavy atom. The van der Waals surface area contributed by atoms with Crippen LogP contribution in [0.15, 0.2) is 17.1 Å². The van der Waals surface area contributed by atoms with E-state index < -0.39 is 11.9 Å². The van der Waals surface area contributed by atoms with E-state index in [1.807, 2.05) is 0 Å². The summed E-state index contributed by atoms with van der Waals surface area (Å²) in [5.74, 6) is -0.310. The van der Waals surface area contributed by atoms with Crippen molar-refractivity contribution in [3.63, 3.8) is 0 Å². The molecule has 5 heteroatoms. The Kier molecular flexibility index (Phi) is 6.72. The molecule has 5 nitrogen and oxygen atoms in total. The normalized spacial score (nSPS) is 10.2. The molecule has 1 rings (SSSR count). The highest BCUT2D eigenvalue weighted by molar-refractivity contribution is 6.04. The summed E-state index contributed by atoms with van der Waals surface area (Å²) < 4.78 is 15.2. The zero-order chi connectivity index (χ0) is 15.8. The Labute approximate surface area is 124 Å². The SMILES string of the molecule is C=CCc1oc(CCCCC)c(C(=O)OC)c1C(=O)OC. The molecule has 0 saturated carbocycles. The van der Waals surface area contributed by atoms with E-state index in [0.717, 1.165) is 19.3 Å². The Morgan fingerprint density at radius 1 is 1.10 bits per heavy atom. The number of aryl methyl sites for hydroxylation is 1. The summed E-state index contributed by atoms with van der Waals surface area (Å²) in [5, 5.41) is 0. The van der Waals surface area contributed by atoms with Crippen LogP contribution < -0.4 is 0 Å². The molecule has 0 N–H and O–H groups in total. The Morgan fingerprint density at radius 3 is 2.14 bits per heavy atom. The summed E-state index contributed by atoms with van der Waals surface area (Å²) in [6.45, 7) is 5.72. The maximum Gasteiger partial charge on any atom is 0.342 e. The average Bonchev–Trinajstić information content (AvgIpc) is 2.84. The fraction of sp³-hybridized carbons (Fsp3) is 0.500. The van der Waals surface area contributed by atoms with E-state index in [2.05, 4.69) is 13.5 Å². The largest absolute Gasteiger partial charge is 0.465 e. The van der Waals surface area contributed by atoms with Crippen molar-refractivity contribution in [3.8, 4) is 0 Å². The average molecular weight is 294 g/mol. The van der Waals surface area contributed by atoms with Crippen molar-refractivity contribution in [2.24, 2.45) is 0 Å². The molecule has 0 aliphatic carbocycles. The Balaban J connectivity index is 3.30. The van der Waals surface area contributed by atoms with Gasteiger partial charge in [0.25, 0.3) is 0 Å². The van der Waals surface area contributed by atoms with Gasteiger partial charge in [-0.25, -0.2) is 9.59 Å². The monoisotopic (exact) mass is 294 g/mol. The number of carbonyl (C=O) groups excluding carboxylic acids is 2. The second kappa shape index (κ2) is 8.29. The van der Waals surface area contributed by atoms with Crippen LogP contribution in [-0.4, -0.2) is 26.2 Å². The number of unbranched alkanes of at least 4 members (excludes halogenated alkanes) is 2. The van der Waals surface area contributed by atoms with Gasteiger partial charge >= 0.3 is 11.9 Å². The van der Waals surface area contributed by atoms with Crippen LogP contribution in [0, 0.1) is 0 Å². The number of methoxy groups -OCH3 is 2. The molecule has 1 aromatic rings. The first-order valence-corrected chi connectivity index (χ1v) is 7.02. The zero-order valence-electron chi connectivity index (χ0n) is 12.9. The first kappa shape index (κ1) is 17.0. The third kappa shape index (κ3) is 3.97. The van der Waals surface area contributed by atoms with E-state index in [9.17, 15) is 9.59 Å². The van der Waals surface area contributed by atoms with Gasteiger partial charge in [0.1, 0.15) is 22.6 Å². The Hall–Kier alpha value is -2.04. The minimum Gasteiger partial charge on any atom is -0.465 e. The summed E-state index contributed by atoms with van der Waals surface area (Å²) in [5.41, 5.74) is 0.327. The topological polar surface area (TPSA) is 65.7 Å². The maximum atomic E-state index is 12.0. The molecule has 0 aliphatic rings. The predicted octanol–water partition coefficient (Wildman–Crippen LogP) is 3.31. The molecule has 0 unspecified atom stereocenters. The van der Waals surface area contributed by atoms with Gasteiger partial charge in [0.15, 0.2) is 0 Å². The minimum atomic E-state index is -0.599. The van der Waals surface area contributed by atoms with E-state index in [1.165, 1.54) is 14.2 Å². The number of carbonyl (C=O) groups is 2. The first-order valence-electron chi connectivity index (χ1n) is 7.02. The molecule has 0 spiro atoms. The van der Waals surface area contributed by atoms with Gasteiger partial charge in [0.2, 0.25) is 0 Å². The predicted molar refractivity (Wildman–Crippen MR) is 78.5 cm³/mol. The number of rotatable bonds is 8. The highest BCUT2D eigenvalue weighted by Gasteiger charge is 2.30. The summed E-state index contributed by atoms with van der Waals surface area (Å²) in [7, 11) is 2.55. The van der Waals surface area contributed by atoms with Crippen molar-refractivity contribution in [1.29, 1.82) is 0 Å². The van der Waals surface area contributed by atoms with Crippen molar-refractivity contribution < 1.29 is 23.5 Å². The lowest BCUT2D eigenvalue weighted by Gasteiger charge is -2.03. The van der Waals surface area contributed by atoms with Crippen LogP contribution in [0.3, 0.4) is 0 Å². The summed E-state index contributed by atoms with van der Waals surface area (Å²) in [4.78, 5) is 24.0. The molecule has 0 aliphatic heterocycles. The van der Waals surface area contributed by atoms with Crippen LogP contribution in [0.4, 0.5) is 0 Å². The maximum absolute atomic E-state index is 12.0. The number of allylic oxidation sites excluding steroid dienone is 1. The number of ether oxygens (including phenoxy) is 2. The third-order valence-corrected chi connectivity index (χ3v) is 3.17. The van der Waals surface area contributed by atoms with E-state index in [1.54, 1.807) is 6.08 Å². The van der Waals surface area contributed by atoms with Crippen molar-refractivity contribution >= 4 is 11.9 Å². The summed E-state index contributed by atoms with van der Waals surface area (Å²) in [6, 6.07) is 0. The van der Waals surface area contributed by atoms with Crippen LogP contribution in [-0.2, 0) is 22.3 Å². The quantitative estimate of drug-likeness (QED) is 0.418. The molecule has 0 bridgehead atoms. The van der Waals surface area contributed by atoms with E-state index in [0.29, 0.717) is 24.4 Å². The summed E-state index contributed by atoms with van der Waals surface area (Å²) >= 11 is 0. The van der Waals surface area contributed by atoms with E-state index in [-0.39, 0.29) is 11.1 Å². The standard InChI is InChI=1S/C16H22O5/c1-5-7-8-10-12-14(16(18)20-4)13(15(17)19-3)11(21-12)9-6-2/h6H,2,5,7-10H2,1,3-4H3. The lowest BCUT2D eigenvalue weighted by atomic mass is 10.0. The zero-order valence-corrected chi connectivity index (χ0v) is 12.9. The lowest BCUT2D eigenvalue weighted by molar-refractivity contribution is 0.0555. The molecule has 0 saturated heterocycles. The number of furan rings is 1. The van der Waals surface area contributed by atoms with Crippen LogP contribution in [0.25, 0.3) is 0 Å². The van der Waals surface area contributed by atoms with Crippen LogP contribution in [0.2, 0.25) is 0 Å². The number of esters is 2. The van der Waals surface area contributed by atoms with Crippen molar-refractivity contribution in [1.82, 2.24) is 0 Å². The lowest BCUT2D eigenvalue weighted by Crippen LogP contribution is -2.12. The molecule has 1 aromatic heterocycles. The molecular weight excluding hydrogens is 272 g/mol. The number of hydrogen-bond donors (Lipinski definition) is 0. The number of hydrogen-bond acceptors (Lipinski definition) is 5. The fourth-order valence-electron chi connectivity index (χ4n) is 2.15. The van der Waals surface area contributed by atoms with Gasteiger partial charge in [-0.15, -0.1) is 6.58 Å². The molecule has 0 amide bonds. The van der Waals surface area contributed by atoms with Crippen molar-refractivity contribution in [2.45, 2.75) is 39.0 Å². The van der Waals surface area contributed by atoms with Gasteiger partial charge in [0.05, 0.1) is 14.2 Å². The molecule has 0 radical (unpaired) electrons. The molecule has 0 aromatic carbocycles. The van der Waals surface area contributed by atoms with Gasteiger partial charge in [-0.3, -0.25) is 0 Å². The highest BCUT2D eigenvalue weighted by atomic mass is 16.5. The van der Waals surface area contributed by atoms with Gasteiger partial charge in [-0.05, 0) is 6.42 Å². The fourth-order valence-corrected chi connectivity index (χ4v) is 2.15. The van der Waals surface area contributed by atoms with Crippen LogP contribution >= 0.6 is 0 Å². The van der Waals surface area contributed by atoms with Gasteiger partial charge in [-0.1, -0.05) is 25.8 Å². The molecular formula is C16H22O5.